The largest absolute Gasteiger partial charge is 0.459 e. The van der Waals surface area contributed by atoms with Crippen LogP contribution in [-0.4, -0.2) is 16.0 Å². The fourth-order valence-corrected chi connectivity index (χ4v) is 3.25. The van der Waals surface area contributed by atoms with Gasteiger partial charge >= 0.3 is 0 Å². The lowest BCUT2D eigenvalue weighted by Crippen LogP contribution is -2.33. The van der Waals surface area contributed by atoms with E-state index < -0.39 is 5.91 Å². The summed E-state index contributed by atoms with van der Waals surface area (Å²) >= 11 is 5.18. The van der Waals surface area contributed by atoms with E-state index in [-0.39, 0.29) is 10.9 Å². The lowest BCUT2D eigenvalue weighted by atomic mass is 9.98. The molecule has 4 aromatic rings. The van der Waals surface area contributed by atoms with Gasteiger partial charge in [-0.15, -0.1) is 0 Å². The topological polar surface area (TPSA) is 80.3 Å². The van der Waals surface area contributed by atoms with Crippen LogP contribution in [0.1, 0.15) is 42.3 Å². The van der Waals surface area contributed by atoms with Crippen molar-refractivity contribution < 1.29 is 13.6 Å². The first kappa shape index (κ1) is 19.8. The standard InChI is InChI=1S/C23H21N3O3S/c1-3-14(2)16-8-11-19-18(13-16)25-22(29-19)15-6-9-17(10-7-15)24-23(30)26-21(27)20-5-4-12-28-20/h4-14H,3H2,1-2H3,(H2,24,26,27,30)/t14-/m1/s1. The van der Waals surface area contributed by atoms with Crippen LogP contribution in [0.4, 0.5) is 5.69 Å². The van der Waals surface area contributed by atoms with Crippen molar-refractivity contribution >= 4 is 40.0 Å². The maximum atomic E-state index is 12.0. The molecule has 0 bridgehead atoms. The Morgan fingerprint density at radius 3 is 2.67 bits per heavy atom. The monoisotopic (exact) mass is 419 g/mol. The first-order chi connectivity index (χ1) is 14.5. The molecule has 2 heterocycles. The van der Waals surface area contributed by atoms with Crippen molar-refractivity contribution in [3.8, 4) is 11.5 Å². The smallest absolute Gasteiger partial charge is 0.293 e. The molecule has 0 saturated carbocycles. The summed E-state index contributed by atoms with van der Waals surface area (Å²) in [4.78, 5) is 16.6. The summed E-state index contributed by atoms with van der Waals surface area (Å²) in [6, 6.07) is 16.8. The second kappa shape index (κ2) is 8.51. The Kier molecular flexibility index (Phi) is 5.63. The molecule has 0 aliphatic heterocycles. The lowest BCUT2D eigenvalue weighted by molar-refractivity contribution is 0.0950. The fourth-order valence-electron chi connectivity index (χ4n) is 3.04. The Hall–Kier alpha value is -3.45. The first-order valence-corrected chi connectivity index (χ1v) is 10.1. The SMILES string of the molecule is CC[C@@H](C)c1ccc2oc(-c3ccc(NC(=S)NC(=O)c4ccco4)cc3)nc2c1. The van der Waals surface area contributed by atoms with Gasteiger partial charge < -0.3 is 14.2 Å². The zero-order valence-corrected chi connectivity index (χ0v) is 17.5. The van der Waals surface area contributed by atoms with Crippen LogP contribution in [0, 0.1) is 0 Å². The number of amides is 1. The van der Waals surface area contributed by atoms with E-state index in [0.717, 1.165) is 28.8 Å². The molecule has 0 fully saturated rings. The van der Waals surface area contributed by atoms with Crippen LogP contribution in [0.2, 0.25) is 0 Å². The van der Waals surface area contributed by atoms with Gasteiger partial charge in [-0.2, -0.15) is 0 Å². The molecule has 0 aliphatic rings. The molecular formula is C23H21N3O3S. The van der Waals surface area contributed by atoms with E-state index in [1.165, 1.54) is 11.8 Å². The summed E-state index contributed by atoms with van der Waals surface area (Å²) in [6.07, 6.45) is 2.51. The maximum Gasteiger partial charge on any atom is 0.293 e. The summed E-state index contributed by atoms with van der Waals surface area (Å²) < 4.78 is 11.0. The minimum absolute atomic E-state index is 0.184. The number of oxazole rings is 1. The average molecular weight is 420 g/mol. The van der Waals surface area contributed by atoms with E-state index in [4.69, 9.17) is 21.1 Å². The minimum Gasteiger partial charge on any atom is -0.459 e. The third kappa shape index (κ3) is 4.26. The Morgan fingerprint density at radius 2 is 1.97 bits per heavy atom. The summed E-state index contributed by atoms with van der Waals surface area (Å²) in [5, 5.41) is 5.73. The van der Waals surface area contributed by atoms with Gasteiger partial charge in [0.25, 0.3) is 5.91 Å². The summed E-state index contributed by atoms with van der Waals surface area (Å²) in [6.45, 7) is 4.38. The molecule has 6 nitrogen and oxygen atoms in total. The van der Waals surface area contributed by atoms with Gasteiger partial charge in [0.05, 0.1) is 6.26 Å². The number of hydrogen-bond donors (Lipinski definition) is 2. The van der Waals surface area contributed by atoms with Crippen molar-refractivity contribution in [3.63, 3.8) is 0 Å². The second-order valence-corrected chi connectivity index (χ2v) is 7.43. The molecule has 2 N–H and O–H groups in total. The van der Waals surface area contributed by atoms with E-state index in [0.29, 0.717) is 11.8 Å². The van der Waals surface area contributed by atoms with Crippen molar-refractivity contribution in [2.75, 3.05) is 5.32 Å². The number of thiocarbonyl (C=S) groups is 1. The van der Waals surface area contributed by atoms with Gasteiger partial charge in [0.1, 0.15) is 5.52 Å². The number of carbonyl (C=O) groups is 1. The normalized spacial score (nSPS) is 11.9. The molecule has 30 heavy (non-hydrogen) atoms. The van der Waals surface area contributed by atoms with Crippen LogP contribution in [0.25, 0.3) is 22.6 Å². The third-order valence-electron chi connectivity index (χ3n) is 4.95. The number of rotatable bonds is 5. The summed E-state index contributed by atoms with van der Waals surface area (Å²) in [5.41, 5.74) is 4.47. The molecule has 1 atom stereocenters. The molecule has 7 heteroatoms. The van der Waals surface area contributed by atoms with E-state index >= 15 is 0 Å². The van der Waals surface area contributed by atoms with Crippen LogP contribution >= 0.6 is 12.2 Å². The van der Waals surface area contributed by atoms with Crippen LogP contribution in [-0.2, 0) is 0 Å². The second-order valence-electron chi connectivity index (χ2n) is 7.02. The quantitative estimate of drug-likeness (QED) is 0.402. The van der Waals surface area contributed by atoms with Gasteiger partial charge in [-0.05, 0) is 78.7 Å². The summed E-state index contributed by atoms with van der Waals surface area (Å²) in [5.74, 6) is 0.836. The van der Waals surface area contributed by atoms with E-state index in [1.54, 1.807) is 12.1 Å². The predicted molar refractivity (Wildman–Crippen MR) is 121 cm³/mol. The first-order valence-electron chi connectivity index (χ1n) is 9.70. The highest BCUT2D eigenvalue weighted by Gasteiger charge is 2.12. The minimum atomic E-state index is -0.405. The Balaban J connectivity index is 1.45. The lowest BCUT2D eigenvalue weighted by Gasteiger charge is -2.08. The predicted octanol–water partition coefficient (Wildman–Crippen LogP) is 5.73. The number of aromatic nitrogens is 1. The highest BCUT2D eigenvalue weighted by molar-refractivity contribution is 7.80. The highest BCUT2D eigenvalue weighted by atomic mass is 32.1. The molecule has 0 saturated heterocycles. The van der Waals surface area contributed by atoms with Gasteiger partial charge in [-0.1, -0.05) is 19.9 Å². The maximum absolute atomic E-state index is 12.0. The Bertz CT molecular complexity index is 1180. The molecular weight excluding hydrogens is 398 g/mol. The number of nitrogens with one attached hydrogen (secondary N) is 2. The number of fused-ring (bicyclic) bond motifs is 1. The summed E-state index contributed by atoms with van der Waals surface area (Å²) in [7, 11) is 0. The van der Waals surface area contributed by atoms with Gasteiger partial charge in [0, 0.05) is 11.3 Å². The van der Waals surface area contributed by atoms with Crippen molar-refractivity contribution in [3.05, 3.63) is 72.2 Å². The molecule has 0 spiro atoms. The van der Waals surface area contributed by atoms with Crippen molar-refractivity contribution in [1.82, 2.24) is 10.3 Å². The molecule has 4 rings (SSSR count). The third-order valence-corrected chi connectivity index (χ3v) is 5.16. The van der Waals surface area contributed by atoms with Gasteiger partial charge in [0.2, 0.25) is 5.89 Å². The number of carbonyl (C=O) groups excluding carboxylic acids is 1. The molecule has 152 valence electrons. The van der Waals surface area contributed by atoms with Crippen LogP contribution in [0.5, 0.6) is 0 Å². The molecule has 0 aliphatic carbocycles. The van der Waals surface area contributed by atoms with Crippen molar-refractivity contribution in [2.24, 2.45) is 0 Å². The molecule has 2 aromatic heterocycles. The fraction of sp³-hybridized carbons (Fsp3) is 0.174. The van der Waals surface area contributed by atoms with Gasteiger partial charge in [-0.3, -0.25) is 10.1 Å². The Labute approximate surface area is 179 Å². The van der Waals surface area contributed by atoms with E-state index in [2.05, 4.69) is 41.6 Å². The van der Waals surface area contributed by atoms with E-state index in [9.17, 15) is 4.79 Å². The molecule has 1 amide bonds. The average Bonchev–Trinajstić information content (AvgIpc) is 3.43. The number of anilines is 1. The molecule has 0 radical (unpaired) electrons. The van der Waals surface area contributed by atoms with Crippen LogP contribution < -0.4 is 10.6 Å². The Morgan fingerprint density at radius 1 is 1.17 bits per heavy atom. The number of hydrogen-bond acceptors (Lipinski definition) is 5. The highest BCUT2D eigenvalue weighted by Crippen LogP contribution is 2.28. The molecule has 0 unspecified atom stereocenters. The van der Waals surface area contributed by atoms with E-state index in [1.807, 2.05) is 30.3 Å². The van der Waals surface area contributed by atoms with Crippen molar-refractivity contribution in [2.45, 2.75) is 26.2 Å². The zero-order chi connectivity index (χ0) is 21.1. The van der Waals surface area contributed by atoms with Crippen LogP contribution in [0.15, 0.2) is 69.7 Å². The number of benzene rings is 2. The van der Waals surface area contributed by atoms with Crippen LogP contribution in [0.3, 0.4) is 0 Å². The molecule has 2 aromatic carbocycles. The van der Waals surface area contributed by atoms with Crippen molar-refractivity contribution in [1.29, 1.82) is 0 Å². The van der Waals surface area contributed by atoms with Gasteiger partial charge in [-0.25, -0.2) is 4.98 Å². The number of nitrogens with zero attached hydrogens (tertiary/aromatic N) is 1. The number of furan rings is 1. The van der Waals surface area contributed by atoms with Gasteiger partial charge in [0.15, 0.2) is 16.5 Å². The zero-order valence-electron chi connectivity index (χ0n) is 16.6.